The van der Waals surface area contributed by atoms with E-state index in [4.69, 9.17) is 0 Å². The molecule has 0 unspecified atom stereocenters. The van der Waals surface area contributed by atoms with Crippen molar-refractivity contribution >= 4 is 23.8 Å². The Morgan fingerprint density at radius 3 is 2.38 bits per heavy atom. The van der Waals surface area contributed by atoms with Gasteiger partial charge in [0.05, 0.1) is 7.11 Å². The molecule has 0 aliphatic carbocycles. The van der Waals surface area contributed by atoms with Gasteiger partial charge in [-0.1, -0.05) is 75.9 Å². The van der Waals surface area contributed by atoms with Crippen LogP contribution in [0.25, 0.3) is 17.2 Å². The summed E-state index contributed by atoms with van der Waals surface area (Å²) in [5.74, 6) is -0.378. The molecule has 0 heterocycles. The molecule has 32 heavy (non-hydrogen) atoms. The summed E-state index contributed by atoms with van der Waals surface area (Å²) in [6.45, 7) is 5.66. The minimum Gasteiger partial charge on any atom is -0.466 e. The lowest BCUT2D eigenvalue weighted by atomic mass is 10.0. The molecular formula is C27H36N2O3. The number of nitrogens with one attached hydrogen (secondary N) is 1. The molecule has 0 radical (unpaired) electrons. The van der Waals surface area contributed by atoms with Crippen molar-refractivity contribution in [1.82, 2.24) is 5.32 Å². The van der Waals surface area contributed by atoms with Crippen molar-refractivity contribution in [3.8, 4) is 11.1 Å². The first kappa shape index (κ1) is 25.2. The third kappa shape index (κ3) is 8.22. The Labute approximate surface area is 192 Å². The zero-order chi connectivity index (χ0) is 23.2. The molecule has 0 saturated heterocycles. The summed E-state index contributed by atoms with van der Waals surface area (Å²) in [7, 11) is 1.36. The topological polar surface area (TPSA) is 58.6 Å². The van der Waals surface area contributed by atoms with E-state index in [0.29, 0.717) is 13.1 Å². The van der Waals surface area contributed by atoms with Crippen molar-refractivity contribution in [2.75, 3.05) is 25.1 Å². The predicted molar refractivity (Wildman–Crippen MR) is 133 cm³/mol. The number of nitrogens with zero attached hydrogens (tertiary/aromatic N) is 1. The Bertz CT molecular complexity index is 875. The minimum absolute atomic E-state index is 0.0391. The van der Waals surface area contributed by atoms with Gasteiger partial charge in [-0.2, -0.15) is 0 Å². The molecule has 2 rings (SSSR count). The monoisotopic (exact) mass is 436 g/mol. The fraction of sp³-hybridized carbons (Fsp3) is 0.407. The molecule has 5 nitrogen and oxygen atoms in total. The van der Waals surface area contributed by atoms with Gasteiger partial charge in [-0.3, -0.25) is 4.90 Å². The van der Waals surface area contributed by atoms with E-state index >= 15 is 0 Å². The molecule has 2 aromatic carbocycles. The van der Waals surface area contributed by atoms with Gasteiger partial charge in [0.1, 0.15) is 0 Å². The van der Waals surface area contributed by atoms with Crippen molar-refractivity contribution in [1.29, 1.82) is 0 Å². The molecule has 0 saturated carbocycles. The second-order valence-electron chi connectivity index (χ2n) is 7.83. The predicted octanol–water partition coefficient (Wildman–Crippen LogP) is 6.44. The van der Waals surface area contributed by atoms with Crippen molar-refractivity contribution in [2.24, 2.45) is 0 Å². The Kier molecular flexibility index (Phi) is 11.1. The molecule has 0 bridgehead atoms. The largest absolute Gasteiger partial charge is 0.466 e. The third-order valence-corrected chi connectivity index (χ3v) is 5.26. The lowest BCUT2D eigenvalue weighted by Gasteiger charge is -2.23. The highest BCUT2D eigenvalue weighted by atomic mass is 16.5. The lowest BCUT2D eigenvalue weighted by molar-refractivity contribution is -0.134. The van der Waals surface area contributed by atoms with Crippen LogP contribution in [0.2, 0.25) is 0 Å². The van der Waals surface area contributed by atoms with Gasteiger partial charge < -0.3 is 10.1 Å². The molecule has 0 aliphatic heterocycles. The fourth-order valence-electron chi connectivity index (χ4n) is 3.46. The summed E-state index contributed by atoms with van der Waals surface area (Å²) in [6.07, 6.45) is 9.89. The number of unbranched alkanes of at least 4 members (excludes halogenated alkanes) is 4. The summed E-state index contributed by atoms with van der Waals surface area (Å²) in [5.41, 5.74) is 3.90. The number of carbonyl (C=O) groups is 2. The number of anilines is 1. The van der Waals surface area contributed by atoms with Crippen molar-refractivity contribution in [3.05, 3.63) is 60.2 Å². The Morgan fingerprint density at radius 2 is 1.69 bits per heavy atom. The molecule has 2 amide bonds. The van der Waals surface area contributed by atoms with Crippen LogP contribution in [0.1, 0.15) is 57.9 Å². The molecule has 172 valence electrons. The zero-order valence-corrected chi connectivity index (χ0v) is 19.6. The molecule has 0 atom stereocenters. The van der Waals surface area contributed by atoms with E-state index in [1.54, 1.807) is 6.08 Å². The average molecular weight is 437 g/mol. The summed E-state index contributed by atoms with van der Waals surface area (Å²) in [6, 6.07) is 15.9. The van der Waals surface area contributed by atoms with Gasteiger partial charge in [-0.25, -0.2) is 9.59 Å². The lowest BCUT2D eigenvalue weighted by Crippen LogP contribution is -2.41. The van der Waals surface area contributed by atoms with Crippen molar-refractivity contribution < 1.29 is 14.3 Å². The van der Waals surface area contributed by atoms with E-state index in [1.165, 1.54) is 32.4 Å². The number of methoxy groups -OCH3 is 1. The summed E-state index contributed by atoms with van der Waals surface area (Å²) in [4.78, 5) is 25.9. The number of benzene rings is 2. The number of hydrogen-bond acceptors (Lipinski definition) is 3. The van der Waals surface area contributed by atoms with Gasteiger partial charge in [0, 0.05) is 24.9 Å². The van der Waals surface area contributed by atoms with Crippen LogP contribution in [0.15, 0.2) is 54.6 Å². The standard InChI is InChI=1S/C27H36N2O3/c1-4-6-7-8-9-19-28-27(31)29(20-5-2)25-12-10-11-24(21-25)23-16-13-22(14-17-23)15-18-26(30)32-3/h10-18,21H,4-9,19-20H2,1-3H3,(H,28,31). The summed E-state index contributed by atoms with van der Waals surface area (Å²) in [5, 5.41) is 3.08. The van der Waals surface area contributed by atoms with Crippen molar-refractivity contribution in [3.63, 3.8) is 0 Å². The van der Waals surface area contributed by atoms with Crippen LogP contribution in [-0.4, -0.2) is 32.2 Å². The minimum atomic E-state index is -0.378. The molecule has 0 fully saturated rings. The Hall–Kier alpha value is -3.08. The molecule has 2 aromatic rings. The highest BCUT2D eigenvalue weighted by Gasteiger charge is 2.15. The number of ether oxygens (including phenoxy) is 1. The molecular weight excluding hydrogens is 400 g/mol. The molecule has 0 spiro atoms. The van der Waals surface area contributed by atoms with Gasteiger partial charge in [0.25, 0.3) is 0 Å². The zero-order valence-electron chi connectivity index (χ0n) is 19.6. The summed E-state index contributed by atoms with van der Waals surface area (Å²) >= 11 is 0. The first-order valence-electron chi connectivity index (χ1n) is 11.6. The quantitative estimate of drug-likeness (QED) is 0.237. The van der Waals surface area contributed by atoms with Gasteiger partial charge in [0.2, 0.25) is 0 Å². The second-order valence-corrected chi connectivity index (χ2v) is 7.83. The fourth-order valence-corrected chi connectivity index (χ4v) is 3.46. The first-order chi connectivity index (χ1) is 15.6. The van der Waals surface area contributed by atoms with E-state index in [-0.39, 0.29) is 12.0 Å². The maximum Gasteiger partial charge on any atom is 0.330 e. The van der Waals surface area contributed by atoms with Crippen LogP contribution in [0.4, 0.5) is 10.5 Å². The van der Waals surface area contributed by atoms with Crippen LogP contribution in [0.5, 0.6) is 0 Å². The average Bonchev–Trinajstić information content (AvgIpc) is 2.83. The second kappa shape index (κ2) is 14.1. The van der Waals surface area contributed by atoms with E-state index in [1.807, 2.05) is 47.4 Å². The van der Waals surface area contributed by atoms with Crippen LogP contribution < -0.4 is 10.2 Å². The SMILES string of the molecule is CCCCCCCNC(=O)N(CCC)c1cccc(-c2ccc(C=CC(=O)OC)cc2)c1. The number of amides is 2. The Balaban J connectivity index is 2.07. The van der Waals surface area contributed by atoms with Gasteiger partial charge in [-0.15, -0.1) is 0 Å². The van der Waals surface area contributed by atoms with Gasteiger partial charge in [0.15, 0.2) is 0 Å². The van der Waals surface area contributed by atoms with Crippen LogP contribution in [0.3, 0.4) is 0 Å². The van der Waals surface area contributed by atoms with E-state index in [2.05, 4.69) is 30.0 Å². The number of rotatable bonds is 12. The number of esters is 1. The number of hydrogen-bond donors (Lipinski definition) is 1. The van der Waals surface area contributed by atoms with Crippen LogP contribution >= 0.6 is 0 Å². The first-order valence-corrected chi connectivity index (χ1v) is 11.6. The normalized spacial score (nSPS) is 10.8. The summed E-state index contributed by atoms with van der Waals surface area (Å²) < 4.78 is 4.62. The Morgan fingerprint density at radius 1 is 0.938 bits per heavy atom. The molecule has 0 aromatic heterocycles. The maximum absolute atomic E-state index is 12.8. The highest BCUT2D eigenvalue weighted by molar-refractivity contribution is 5.92. The third-order valence-electron chi connectivity index (χ3n) is 5.26. The molecule has 5 heteroatoms. The highest BCUT2D eigenvalue weighted by Crippen LogP contribution is 2.26. The smallest absolute Gasteiger partial charge is 0.330 e. The van der Waals surface area contributed by atoms with E-state index in [0.717, 1.165) is 41.6 Å². The van der Waals surface area contributed by atoms with Gasteiger partial charge >= 0.3 is 12.0 Å². The van der Waals surface area contributed by atoms with Gasteiger partial charge in [-0.05, 0) is 47.7 Å². The van der Waals surface area contributed by atoms with Crippen molar-refractivity contribution in [2.45, 2.75) is 52.4 Å². The number of urea groups is 1. The van der Waals surface area contributed by atoms with E-state index in [9.17, 15) is 9.59 Å². The van der Waals surface area contributed by atoms with Crippen LogP contribution in [0, 0.1) is 0 Å². The number of carbonyl (C=O) groups excluding carboxylic acids is 2. The molecule has 1 N–H and O–H groups in total. The molecule has 0 aliphatic rings. The maximum atomic E-state index is 12.8. The van der Waals surface area contributed by atoms with E-state index < -0.39 is 0 Å². The van der Waals surface area contributed by atoms with Crippen LogP contribution in [-0.2, 0) is 9.53 Å².